The van der Waals surface area contributed by atoms with Gasteiger partial charge in [0.05, 0.1) is 18.1 Å². The summed E-state index contributed by atoms with van der Waals surface area (Å²) in [6.45, 7) is 0. The van der Waals surface area contributed by atoms with Crippen LogP contribution in [0.25, 0.3) is 0 Å². The third-order valence-electron chi connectivity index (χ3n) is 0.925. The average Bonchev–Trinajstić information content (AvgIpc) is 1.90. The zero-order chi connectivity index (χ0) is 6.69. The highest BCUT2D eigenvalue weighted by atomic mass is 14.9. The van der Waals surface area contributed by atoms with E-state index in [0.29, 0.717) is 5.69 Å². The highest BCUT2D eigenvalue weighted by molar-refractivity contribution is 4.98. The van der Waals surface area contributed by atoms with Crippen LogP contribution in [0.5, 0.6) is 0 Å². The van der Waals surface area contributed by atoms with E-state index in [1.54, 1.807) is 18.6 Å². The summed E-state index contributed by atoms with van der Waals surface area (Å²) in [5, 5.41) is 0. The maximum Gasteiger partial charge on any atom is 0.0975 e. The van der Waals surface area contributed by atoms with E-state index >= 15 is 0 Å². The van der Waals surface area contributed by atoms with Gasteiger partial charge in [0.25, 0.3) is 0 Å². The number of nitrogens with zero attached hydrogens (tertiary/aromatic N) is 2. The van der Waals surface area contributed by atoms with E-state index in [0.717, 1.165) is 0 Å². The molecule has 4 nitrogen and oxygen atoms in total. The van der Waals surface area contributed by atoms with Gasteiger partial charge in [-0.1, -0.05) is 0 Å². The molecule has 0 atom stereocenters. The predicted molar refractivity (Wildman–Crippen MR) is 33.1 cm³/mol. The summed E-state index contributed by atoms with van der Waals surface area (Å²) >= 11 is 0. The van der Waals surface area contributed by atoms with Crippen LogP contribution < -0.4 is 11.5 Å². The van der Waals surface area contributed by atoms with Gasteiger partial charge in [0.15, 0.2) is 0 Å². The minimum atomic E-state index is -0.515. The van der Waals surface area contributed by atoms with Gasteiger partial charge in [-0.25, -0.2) is 0 Å². The minimum absolute atomic E-state index is 0.515. The largest absolute Gasteiger partial charge is 0.311 e. The van der Waals surface area contributed by atoms with E-state index in [1.807, 2.05) is 0 Å². The molecule has 4 N–H and O–H groups in total. The van der Waals surface area contributed by atoms with Gasteiger partial charge in [0.2, 0.25) is 0 Å². The normalized spacial score (nSPS) is 10.1. The lowest BCUT2D eigenvalue weighted by atomic mass is 10.4. The van der Waals surface area contributed by atoms with Gasteiger partial charge in [-0.05, 0) is 0 Å². The Bertz CT molecular complexity index is 172. The molecule has 0 unspecified atom stereocenters. The number of hydrogen-bond acceptors (Lipinski definition) is 4. The third kappa shape index (κ3) is 1.45. The lowest BCUT2D eigenvalue weighted by molar-refractivity contribution is 0.734. The average molecular weight is 124 g/mol. The van der Waals surface area contributed by atoms with Gasteiger partial charge < -0.3 is 11.5 Å². The van der Waals surface area contributed by atoms with E-state index in [-0.39, 0.29) is 0 Å². The standard InChI is InChI=1S/C5H8N4/c6-5(7)4-3-8-1-2-9-4/h1-3,5H,6-7H2. The fourth-order valence-corrected chi connectivity index (χ4v) is 0.483. The van der Waals surface area contributed by atoms with Crippen LogP contribution in [-0.2, 0) is 0 Å². The Labute approximate surface area is 52.9 Å². The van der Waals surface area contributed by atoms with Crippen molar-refractivity contribution in [3.05, 3.63) is 24.3 Å². The molecule has 0 saturated carbocycles. The van der Waals surface area contributed by atoms with E-state index in [1.165, 1.54) is 0 Å². The van der Waals surface area contributed by atoms with Crippen molar-refractivity contribution < 1.29 is 0 Å². The first-order valence-electron chi connectivity index (χ1n) is 2.58. The van der Waals surface area contributed by atoms with Crippen molar-refractivity contribution in [2.24, 2.45) is 11.5 Å². The molecule has 1 rings (SSSR count). The molecule has 1 aromatic rings. The van der Waals surface area contributed by atoms with E-state index < -0.39 is 6.17 Å². The molecular formula is C5H8N4. The first kappa shape index (κ1) is 6.12. The van der Waals surface area contributed by atoms with Crippen LogP contribution in [-0.4, -0.2) is 9.97 Å². The number of aromatic nitrogens is 2. The Hall–Kier alpha value is -1.00. The second-order valence-corrected chi connectivity index (χ2v) is 1.66. The number of nitrogens with two attached hydrogens (primary N) is 2. The molecule has 0 saturated heterocycles. The topological polar surface area (TPSA) is 77.8 Å². The van der Waals surface area contributed by atoms with Gasteiger partial charge in [0.1, 0.15) is 0 Å². The summed E-state index contributed by atoms with van der Waals surface area (Å²) in [6.07, 6.45) is 4.16. The molecule has 0 spiro atoms. The smallest absolute Gasteiger partial charge is 0.0975 e. The lowest BCUT2D eigenvalue weighted by Gasteiger charge is -2.00. The van der Waals surface area contributed by atoms with Crippen molar-refractivity contribution in [2.45, 2.75) is 6.17 Å². The van der Waals surface area contributed by atoms with Gasteiger partial charge in [0, 0.05) is 12.4 Å². The molecule has 1 aromatic heterocycles. The van der Waals surface area contributed by atoms with E-state index in [4.69, 9.17) is 11.5 Å². The molecule has 0 aliphatic carbocycles. The van der Waals surface area contributed by atoms with Crippen LogP contribution >= 0.6 is 0 Å². The summed E-state index contributed by atoms with van der Waals surface area (Å²) in [4.78, 5) is 7.65. The molecule has 0 amide bonds. The molecule has 48 valence electrons. The summed E-state index contributed by atoms with van der Waals surface area (Å²) in [7, 11) is 0. The second-order valence-electron chi connectivity index (χ2n) is 1.66. The molecule has 4 heteroatoms. The summed E-state index contributed by atoms with van der Waals surface area (Å²) in [5.41, 5.74) is 11.2. The first-order valence-corrected chi connectivity index (χ1v) is 2.58. The van der Waals surface area contributed by atoms with Crippen molar-refractivity contribution in [3.63, 3.8) is 0 Å². The molecule has 9 heavy (non-hydrogen) atoms. The number of rotatable bonds is 1. The zero-order valence-corrected chi connectivity index (χ0v) is 4.86. The summed E-state index contributed by atoms with van der Waals surface area (Å²) in [5.74, 6) is 0. The van der Waals surface area contributed by atoms with E-state index in [9.17, 15) is 0 Å². The molecule has 0 aliphatic rings. The van der Waals surface area contributed by atoms with Crippen molar-refractivity contribution in [3.8, 4) is 0 Å². The molecule has 0 bridgehead atoms. The lowest BCUT2D eigenvalue weighted by Crippen LogP contribution is -2.21. The molecule has 1 heterocycles. The Balaban J connectivity index is 2.85. The summed E-state index contributed by atoms with van der Waals surface area (Å²) < 4.78 is 0. The van der Waals surface area contributed by atoms with Crippen molar-refractivity contribution >= 4 is 0 Å². The van der Waals surface area contributed by atoms with Crippen LogP contribution in [0.4, 0.5) is 0 Å². The molecule has 0 fully saturated rings. The quantitative estimate of drug-likeness (QED) is 0.490. The Morgan fingerprint density at radius 1 is 1.33 bits per heavy atom. The molecule has 0 aromatic carbocycles. The third-order valence-corrected chi connectivity index (χ3v) is 0.925. The van der Waals surface area contributed by atoms with Crippen LogP contribution in [0.3, 0.4) is 0 Å². The Morgan fingerprint density at radius 2 is 2.11 bits per heavy atom. The first-order chi connectivity index (χ1) is 4.30. The Kier molecular flexibility index (Phi) is 1.72. The van der Waals surface area contributed by atoms with Crippen molar-refractivity contribution in [2.75, 3.05) is 0 Å². The fourth-order valence-electron chi connectivity index (χ4n) is 0.483. The van der Waals surface area contributed by atoms with Crippen LogP contribution in [0.1, 0.15) is 11.9 Å². The van der Waals surface area contributed by atoms with Crippen LogP contribution in [0, 0.1) is 0 Å². The molecule has 0 aliphatic heterocycles. The molecular weight excluding hydrogens is 116 g/mol. The summed E-state index contributed by atoms with van der Waals surface area (Å²) in [6, 6.07) is 0. The van der Waals surface area contributed by atoms with Gasteiger partial charge in [-0.2, -0.15) is 0 Å². The Morgan fingerprint density at radius 3 is 2.44 bits per heavy atom. The predicted octanol–water partition coefficient (Wildman–Crippen LogP) is -0.607. The molecule has 0 radical (unpaired) electrons. The maximum absolute atomic E-state index is 5.29. The number of hydrogen-bond donors (Lipinski definition) is 2. The van der Waals surface area contributed by atoms with Crippen molar-refractivity contribution in [1.29, 1.82) is 0 Å². The second kappa shape index (κ2) is 2.52. The maximum atomic E-state index is 5.29. The van der Waals surface area contributed by atoms with Gasteiger partial charge in [-0.15, -0.1) is 0 Å². The van der Waals surface area contributed by atoms with Crippen LogP contribution in [0.2, 0.25) is 0 Å². The SMILES string of the molecule is NC(N)c1cnccn1. The minimum Gasteiger partial charge on any atom is -0.311 e. The zero-order valence-electron chi connectivity index (χ0n) is 4.86. The van der Waals surface area contributed by atoms with Gasteiger partial charge in [-0.3, -0.25) is 9.97 Å². The van der Waals surface area contributed by atoms with Crippen molar-refractivity contribution in [1.82, 2.24) is 9.97 Å². The van der Waals surface area contributed by atoms with Gasteiger partial charge >= 0.3 is 0 Å². The highest BCUT2D eigenvalue weighted by Crippen LogP contribution is 1.94. The van der Waals surface area contributed by atoms with E-state index in [2.05, 4.69) is 9.97 Å². The highest BCUT2D eigenvalue weighted by Gasteiger charge is 1.96. The monoisotopic (exact) mass is 124 g/mol. The van der Waals surface area contributed by atoms with Crippen LogP contribution in [0.15, 0.2) is 18.6 Å². The fraction of sp³-hybridized carbons (Fsp3) is 0.200.